The van der Waals surface area contributed by atoms with Gasteiger partial charge in [-0.25, -0.2) is 4.79 Å². The summed E-state index contributed by atoms with van der Waals surface area (Å²) < 4.78 is 5.47. The fourth-order valence-corrected chi connectivity index (χ4v) is 2.47. The molecule has 124 valence electrons. The second-order valence-corrected chi connectivity index (χ2v) is 5.84. The predicted molar refractivity (Wildman–Crippen MR) is 89.0 cm³/mol. The van der Waals surface area contributed by atoms with Gasteiger partial charge in [-0.05, 0) is 30.0 Å². The largest absolute Gasteiger partial charge is 0.467 e. The molecular formula is C18H24N2O3. The third-order valence-electron chi connectivity index (χ3n) is 3.80. The van der Waals surface area contributed by atoms with Crippen LogP contribution in [0.4, 0.5) is 4.79 Å². The van der Waals surface area contributed by atoms with E-state index >= 15 is 0 Å². The van der Waals surface area contributed by atoms with Crippen LogP contribution in [0.1, 0.15) is 37.6 Å². The van der Waals surface area contributed by atoms with Crippen molar-refractivity contribution in [2.75, 3.05) is 6.61 Å². The number of nitrogens with one attached hydrogen (secondary N) is 2. The molecule has 0 saturated heterocycles. The highest BCUT2D eigenvalue weighted by molar-refractivity contribution is 5.75. The van der Waals surface area contributed by atoms with E-state index in [2.05, 4.69) is 10.6 Å². The van der Waals surface area contributed by atoms with Crippen molar-refractivity contribution in [2.24, 2.45) is 5.92 Å². The number of aliphatic hydroxyl groups excluding tert-OH is 1. The first kappa shape index (κ1) is 17.1. The Bertz CT molecular complexity index is 582. The second-order valence-electron chi connectivity index (χ2n) is 5.84. The maximum absolute atomic E-state index is 12.4. The highest BCUT2D eigenvalue weighted by Crippen LogP contribution is 2.22. The molecule has 0 radical (unpaired) electrons. The van der Waals surface area contributed by atoms with Crippen LogP contribution in [0, 0.1) is 5.92 Å². The third kappa shape index (κ3) is 4.86. The van der Waals surface area contributed by atoms with Gasteiger partial charge in [0.25, 0.3) is 0 Å². The fourth-order valence-electron chi connectivity index (χ4n) is 2.47. The van der Waals surface area contributed by atoms with Gasteiger partial charge in [-0.3, -0.25) is 0 Å². The van der Waals surface area contributed by atoms with Crippen molar-refractivity contribution in [1.82, 2.24) is 10.6 Å². The molecule has 0 aliphatic rings. The summed E-state index contributed by atoms with van der Waals surface area (Å²) in [4.78, 5) is 12.4. The van der Waals surface area contributed by atoms with E-state index in [4.69, 9.17) is 9.52 Å². The second kappa shape index (κ2) is 8.39. The summed E-state index contributed by atoms with van der Waals surface area (Å²) in [5.41, 5.74) is 0.945. The molecule has 1 heterocycles. The number of urea groups is 1. The van der Waals surface area contributed by atoms with Gasteiger partial charge in [0.2, 0.25) is 0 Å². The van der Waals surface area contributed by atoms with Crippen molar-refractivity contribution in [3.63, 3.8) is 0 Å². The minimum atomic E-state index is -0.354. The Morgan fingerprint density at radius 2 is 1.87 bits per heavy atom. The van der Waals surface area contributed by atoms with Gasteiger partial charge in [-0.1, -0.05) is 44.2 Å². The topological polar surface area (TPSA) is 74.5 Å². The van der Waals surface area contributed by atoms with Gasteiger partial charge in [0.05, 0.1) is 6.26 Å². The zero-order valence-electron chi connectivity index (χ0n) is 13.5. The van der Waals surface area contributed by atoms with Gasteiger partial charge in [-0.15, -0.1) is 0 Å². The van der Waals surface area contributed by atoms with Crippen molar-refractivity contribution < 1.29 is 14.3 Å². The lowest BCUT2D eigenvalue weighted by Gasteiger charge is -2.24. The van der Waals surface area contributed by atoms with Crippen molar-refractivity contribution in [1.29, 1.82) is 0 Å². The van der Waals surface area contributed by atoms with Crippen LogP contribution < -0.4 is 10.6 Å². The van der Waals surface area contributed by atoms with Crippen molar-refractivity contribution in [3.8, 4) is 0 Å². The minimum Gasteiger partial charge on any atom is -0.467 e. The van der Waals surface area contributed by atoms with E-state index in [0.29, 0.717) is 12.2 Å². The maximum atomic E-state index is 12.4. The summed E-state index contributed by atoms with van der Waals surface area (Å²) >= 11 is 0. The highest BCUT2D eigenvalue weighted by atomic mass is 16.3. The summed E-state index contributed by atoms with van der Waals surface area (Å²) in [6.07, 6.45) is 2.12. The smallest absolute Gasteiger partial charge is 0.315 e. The van der Waals surface area contributed by atoms with Crippen LogP contribution in [-0.4, -0.2) is 23.8 Å². The molecule has 0 spiro atoms. The first-order valence-electron chi connectivity index (χ1n) is 7.88. The van der Waals surface area contributed by atoms with Crippen molar-refractivity contribution >= 4 is 6.03 Å². The van der Waals surface area contributed by atoms with E-state index in [1.54, 1.807) is 12.3 Å². The molecule has 2 atom stereocenters. The Balaban J connectivity index is 2.10. The van der Waals surface area contributed by atoms with Crippen LogP contribution >= 0.6 is 0 Å². The van der Waals surface area contributed by atoms with E-state index in [9.17, 15) is 4.79 Å². The lowest BCUT2D eigenvalue weighted by atomic mass is 10.0. The predicted octanol–water partition coefficient (Wildman–Crippen LogP) is 3.08. The van der Waals surface area contributed by atoms with E-state index in [1.807, 2.05) is 50.2 Å². The van der Waals surface area contributed by atoms with Crippen LogP contribution in [0.3, 0.4) is 0 Å². The fraction of sp³-hybridized carbons (Fsp3) is 0.389. The molecule has 0 aliphatic carbocycles. The number of aliphatic hydroxyl groups is 1. The molecule has 3 N–H and O–H groups in total. The lowest BCUT2D eigenvalue weighted by Crippen LogP contribution is -2.46. The number of rotatable bonds is 7. The van der Waals surface area contributed by atoms with E-state index in [0.717, 1.165) is 5.56 Å². The quantitative estimate of drug-likeness (QED) is 0.735. The summed E-state index contributed by atoms with van der Waals surface area (Å²) in [5.74, 6) is 0.918. The van der Waals surface area contributed by atoms with Crippen LogP contribution in [0.15, 0.2) is 53.1 Å². The molecule has 2 unspecified atom stereocenters. The maximum Gasteiger partial charge on any atom is 0.315 e. The van der Waals surface area contributed by atoms with E-state index in [1.165, 1.54) is 0 Å². The minimum absolute atomic E-state index is 0.0451. The number of carbonyl (C=O) groups excluding carboxylic acids is 1. The molecule has 5 heteroatoms. The number of hydrogen-bond donors (Lipinski definition) is 3. The average Bonchev–Trinajstić information content (AvgIpc) is 3.07. The molecule has 1 aromatic heterocycles. The van der Waals surface area contributed by atoms with Gasteiger partial charge < -0.3 is 20.2 Å². The van der Waals surface area contributed by atoms with Crippen LogP contribution in [0.25, 0.3) is 0 Å². The molecule has 0 fully saturated rings. The Morgan fingerprint density at radius 1 is 1.13 bits per heavy atom. The lowest BCUT2D eigenvalue weighted by molar-refractivity contribution is 0.216. The first-order valence-corrected chi connectivity index (χ1v) is 7.88. The van der Waals surface area contributed by atoms with Gasteiger partial charge in [0.1, 0.15) is 11.8 Å². The first-order chi connectivity index (χ1) is 11.1. The van der Waals surface area contributed by atoms with Crippen LogP contribution in [0.5, 0.6) is 0 Å². The van der Waals surface area contributed by atoms with Crippen molar-refractivity contribution in [3.05, 3.63) is 60.1 Å². The summed E-state index contributed by atoms with van der Waals surface area (Å²) in [6, 6.07) is 12.6. The zero-order chi connectivity index (χ0) is 16.7. The molecule has 2 amide bonds. The number of hydrogen-bond acceptors (Lipinski definition) is 3. The Labute approximate surface area is 136 Å². The van der Waals surface area contributed by atoms with Gasteiger partial charge >= 0.3 is 6.03 Å². The normalized spacial score (nSPS) is 13.6. The monoisotopic (exact) mass is 316 g/mol. The van der Waals surface area contributed by atoms with E-state index < -0.39 is 0 Å². The highest BCUT2D eigenvalue weighted by Gasteiger charge is 2.21. The van der Waals surface area contributed by atoms with E-state index in [-0.39, 0.29) is 30.6 Å². The SMILES string of the molecule is CC(C)C(CCO)NC(=O)NC(c1ccccc1)c1ccco1. The van der Waals surface area contributed by atoms with Gasteiger partial charge in [0.15, 0.2) is 0 Å². The molecule has 0 bridgehead atoms. The molecule has 0 saturated carbocycles. The Kier molecular flexibility index (Phi) is 6.23. The van der Waals surface area contributed by atoms with Crippen molar-refractivity contribution in [2.45, 2.75) is 32.4 Å². The van der Waals surface area contributed by atoms with Crippen LogP contribution in [-0.2, 0) is 0 Å². The third-order valence-corrected chi connectivity index (χ3v) is 3.80. The summed E-state index contributed by atoms with van der Waals surface area (Å²) in [5, 5.41) is 15.0. The molecule has 1 aromatic carbocycles. The van der Waals surface area contributed by atoms with Gasteiger partial charge in [0, 0.05) is 12.6 Å². The van der Waals surface area contributed by atoms with Gasteiger partial charge in [-0.2, -0.15) is 0 Å². The number of furan rings is 1. The Morgan fingerprint density at radius 3 is 2.43 bits per heavy atom. The molecule has 23 heavy (non-hydrogen) atoms. The molecule has 2 aromatic rings. The Hall–Kier alpha value is -2.27. The molecule has 2 rings (SSSR count). The number of benzene rings is 1. The molecule has 0 aliphatic heterocycles. The van der Waals surface area contributed by atoms with Crippen LogP contribution in [0.2, 0.25) is 0 Å². The summed E-state index contributed by atoms with van der Waals surface area (Å²) in [6.45, 7) is 4.08. The summed E-state index contributed by atoms with van der Waals surface area (Å²) in [7, 11) is 0. The number of carbonyl (C=O) groups is 1. The molecule has 5 nitrogen and oxygen atoms in total. The average molecular weight is 316 g/mol. The molecular weight excluding hydrogens is 292 g/mol. The number of amides is 2. The standard InChI is InChI=1S/C18H24N2O3/c1-13(2)15(10-11-21)19-18(22)20-17(16-9-6-12-23-16)14-7-4-3-5-8-14/h3-9,12-13,15,17,21H,10-11H2,1-2H3,(H2,19,20,22). The zero-order valence-corrected chi connectivity index (χ0v) is 13.5.